The highest BCUT2D eigenvalue weighted by molar-refractivity contribution is 5.83. The van der Waals surface area contributed by atoms with Gasteiger partial charge in [-0.15, -0.1) is 0 Å². The highest BCUT2D eigenvalue weighted by Crippen LogP contribution is 2.48. The normalized spacial score (nSPS) is 16.9. The Morgan fingerprint density at radius 2 is 2.21 bits per heavy atom. The van der Waals surface area contributed by atoms with Gasteiger partial charge in [-0.3, -0.25) is 9.18 Å². The number of aldehydes is 1. The molecule has 7 nitrogen and oxygen atoms in total. The lowest BCUT2D eigenvalue weighted by Crippen LogP contribution is -2.36. The van der Waals surface area contributed by atoms with Gasteiger partial charge in [-0.25, -0.2) is 9.98 Å². The zero-order valence-electron chi connectivity index (χ0n) is 19.7. The van der Waals surface area contributed by atoms with Crippen molar-refractivity contribution in [3.63, 3.8) is 0 Å². The molecule has 8 heteroatoms. The van der Waals surface area contributed by atoms with Gasteiger partial charge < -0.3 is 16.0 Å². The third kappa shape index (κ3) is 5.39. The van der Waals surface area contributed by atoms with Crippen LogP contribution in [0.1, 0.15) is 54.6 Å². The molecule has 0 bridgehead atoms. The second-order valence-corrected chi connectivity index (χ2v) is 9.64. The van der Waals surface area contributed by atoms with Gasteiger partial charge in [0.25, 0.3) is 0 Å². The number of carbonyl (C=O) groups is 1. The van der Waals surface area contributed by atoms with E-state index in [1.165, 1.54) is 30.2 Å². The first-order valence-corrected chi connectivity index (χ1v) is 11.5. The molecule has 1 aliphatic carbocycles. The first-order chi connectivity index (χ1) is 16.4. The summed E-state index contributed by atoms with van der Waals surface area (Å²) in [7, 11) is 0. The first-order valence-electron chi connectivity index (χ1n) is 11.5. The van der Waals surface area contributed by atoms with E-state index in [0.717, 1.165) is 18.7 Å². The van der Waals surface area contributed by atoms with E-state index in [4.69, 9.17) is 0 Å². The summed E-state index contributed by atoms with van der Waals surface area (Å²) < 4.78 is 13.0. The Hall–Kier alpha value is -3.39. The Morgan fingerprint density at radius 3 is 2.91 bits per heavy atom. The van der Waals surface area contributed by atoms with Crippen molar-refractivity contribution in [3.8, 4) is 0 Å². The number of fused-ring (bicyclic) bond motifs is 2. The average molecular weight is 463 g/mol. The Balaban J connectivity index is 1.49. The van der Waals surface area contributed by atoms with Crippen molar-refractivity contribution in [2.75, 3.05) is 23.9 Å². The third-order valence-electron chi connectivity index (χ3n) is 6.27. The first kappa shape index (κ1) is 23.8. The van der Waals surface area contributed by atoms with Gasteiger partial charge in [0.05, 0.1) is 12.2 Å². The Bertz CT molecular complexity index is 1140. The molecule has 0 amide bonds. The van der Waals surface area contributed by atoms with Crippen LogP contribution >= 0.6 is 0 Å². The fourth-order valence-corrected chi connectivity index (χ4v) is 4.07. The van der Waals surface area contributed by atoms with Crippen LogP contribution in [0.3, 0.4) is 0 Å². The van der Waals surface area contributed by atoms with Crippen molar-refractivity contribution in [2.24, 2.45) is 10.4 Å². The van der Waals surface area contributed by atoms with Gasteiger partial charge in [0, 0.05) is 24.0 Å². The molecule has 2 aliphatic rings. The fourth-order valence-electron chi connectivity index (χ4n) is 4.07. The number of alkyl halides is 1. The van der Waals surface area contributed by atoms with Crippen molar-refractivity contribution < 1.29 is 9.18 Å². The zero-order valence-corrected chi connectivity index (χ0v) is 19.7. The van der Waals surface area contributed by atoms with E-state index in [0.29, 0.717) is 35.9 Å². The number of nitrogens with zero attached hydrogens (tertiary/aromatic N) is 3. The molecule has 0 atom stereocenters. The lowest BCUT2D eigenvalue weighted by atomic mass is 9.91. The smallest absolute Gasteiger partial charge is 0.229 e. The molecule has 1 aromatic carbocycles. The van der Waals surface area contributed by atoms with Crippen molar-refractivity contribution in [1.82, 2.24) is 15.3 Å². The number of rotatable bonds is 10. The Kier molecular flexibility index (Phi) is 6.88. The number of aliphatic imine (C=N–C) groups is 1. The molecule has 1 aromatic heterocycles. The van der Waals surface area contributed by atoms with Gasteiger partial charge in [-0.05, 0) is 67.2 Å². The molecule has 1 spiro atoms. The molecule has 34 heavy (non-hydrogen) atoms. The fraction of sp³-hybridized carbons (Fsp3) is 0.385. The molecule has 1 fully saturated rings. The summed E-state index contributed by atoms with van der Waals surface area (Å²) in [5.74, 6) is 1.10. The highest BCUT2D eigenvalue weighted by atomic mass is 19.1. The number of nitrogens with one attached hydrogen (secondary N) is 3. The predicted molar refractivity (Wildman–Crippen MR) is 135 cm³/mol. The summed E-state index contributed by atoms with van der Waals surface area (Å²) in [5.41, 5.74) is 3.70. The van der Waals surface area contributed by atoms with Crippen molar-refractivity contribution in [1.29, 1.82) is 0 Å². The molecule has 2 aromatic rings. The predicted octanol–water partition coefficient (Wildman–Crippen LogP) is 5.06. The van der Waals surface area contributed by atoms with Gasteiger partial charge in [0.15, 0.2) is 6.29 Å². The topological polar surface area (TPSA) is 91.3 Å². The van der Waals surface area contributed by atoms with Crippen LogP contribution in [0.25, 0.3) is 0 Å². The molecule has 2 heterocycles. The van der Waals surface area contributed by atoms with E-state index < -0.39 is 12.1 Å². The average Bonchev–Trinajstić information content (AvgIpc) is 3.61. The van der Waals surface area contributed by atoms with E-state index >= 15 is 0 Å². The minimum atomic E-state index is -0.413. The Labute approximate surface area is 199 Å². The zero-order chi connectivity index (χ0) is 24.2. The number of aromatic nitrogens is 2. The van der Waals surface area contributed by atoms with Crippen molar-refractivity contribution >= 4 is 30.5 Å². The van der Waals surface area contributed by atoms with Gasteiger partial charge >= 0.3 is 0 Å². The number of allylic oxidation sites excluding steroid dienone is 3. The maximum absolute atomic E-state index is 13.0. The SMILES string of the molecule is C=N/C(=C\C=C/CC(C)(C)CF)Nc1nc(Nc2ccc3c(c2)CCNC32CC2)ncc1C=O. The van der Waals surface area contributed by atoms with Crippen molar-refractivity contribution in [3.05, 3.63) is 65.1 Å². The minimum Gasteiger partial charge on any atom is -0.324 e. The molecular weight excluding hydrogens is 431 g/mol. The van der Waals surface area contributed by atoms with Crippen LogP contribution in [0.15, 0.2) is 53.4 Å². The number of hydrogen-bond acceptors (Lipinski definition) is 7. The number of benzene rings is 1. The van der Waals surface area contributed by atoms with E-state index in [1.54, 1.807) is 12.2 Å². The van der Waals surface area contributed by atoms with Crippen LogP contribution in [0.2, 0.25) is 0 Å². The van der Waals surface area contributed by atoms with Crippen LogP contribution in [-0.4, -0.2) is 36.2 Å². The van der Waals surface area contributed by atoms with Gasteiger partial charge in [-0.2, -0.15) is 4.98 Å². The van der Waals surface area contributed by atoms with Crippen LogP contribution in [0, 0.1) is 5.41 Å². The molecule has 3 N–H and O–H groups in total. The summed E-state index contributed by atoms with van der Waals surface area (Å²) in [6.45, 7) is 7.89. The lowest BCUT2D eigenvalue weighted by molar-refractivity contribution is 0.112. The summed E-state index contributed by atoms with van der Waals surface area (Å²) in [4.78, 5) is 24.3. The van der Waals surface area contributed by atoms with E-state index in [-0.39, 0.29) is 5.54 Å². The van der Waals surface area contributed by atoms with Gasteiger partial charge in [0.1, 0.15) is 11.6 Å². The van der Waals surface area contributed by atoms with E-state index in [2.05, 4.69) is 49.8 Å². The van der Waals surface area contributed by atoms with Crippen molar-refractivity contribution in [2.45, 2.75) is 45.1 Å². The number of anilines is 3. The molecule has 1 aliphatic heterocycles. The highest BCUT2D eigenvalue weighted by Gasteiger charge is 2.46. The van der Waals surface area contributed by atoms with Crippen LogP contribution in [0.5, 0.6) is 0 Å². The third-order valence-corrected chi connectivity index (χ3v) is 6.27. The standard InChI is InChI=1S/C26H31FN6O/c1-25(2,17-27)10-5-4-6-22(28-3)32-23-19(16-34)15-29-24(33-23)31-20-7-8-21-18(14-20)9-13-30-26(21)11-12-26/h4-8,14-16,30H,3,9-13,17H2,1-2H3,(H2,29,31,32,33)/b5-4-,22-6+. The molecule has 0 saturated heterocycles. The molecule has 1 saturated carbocycles. The van der Waals surface area contributed by atoms with Crippen LogP contribution in [-0.2, 0) is 12.0 Å². The lowest BCUT2D eigenvalue weighted by Gasteiger charge is -2.27. The molecule has 0 radical (unpaired) electrons. The minimum absolute atomic E-state index is 0.182. The molecule has 4 rings (SSSR count). The second kappa shape index (κ2) is 9.85. The summed E-state index contributed by atoms with van der Waals surface area (Å²) in [6.07, 6.45) is 11.5. The van der Waals surface area contributed by atoms with Crippen LogP contribution in [0.4, 0.5) is 21.8 Å². The molecule has 0 unspecified atom stereocenters. The second-order valence-electron chi connectivity index (χ2n) is 9.64. The largest absolute Gasteiger partial charge is 0.324 e. The number of carbonyl (C=O) groups excluding carboxylic acids is 1. The monoisotopic (exact) mass is 462 g/mol. The summed E-state index contributed by atoms with van der Waals surface area (Å²) in [6, 6.07) is 6.37. The summed E-state index contributed by atoms with van der Waals surface area (Å²) >= 11 is 0. The maximum atomic E-state index is 13.0. The number of hydrogen-bond donors (Lipinski definition) is 3. The quantitative estimate of drug-likeness (QED) is 0.260. The van der Waals surface area contributed by atoms with Crippen LogP contribution < -0.4 is 16.0 Å². The molecule has 178 valence electrons. The Morgan fingerprint density at radius 1 is 1.38 bits per heavy atom. The van der Waals surface area contributed by atoms with Gasteiger partial charge in [-0.1, -0.05) is 32.1 Å². The van der Waals surface area contributed by atoms with Gasteiger partial charge in [0.2, 0.25) is 5.95 Å². The van der Waals surface area contributed by atoms with E-state index in [1.807, 2.05) is 26.0 Å². The number of halogens is 1. The maximum Gasteiger partial charge on any atom is 0.229 e. The molecular formula is C26H31FN6O. The van der Waals surface area contributed by atoms with E-state index in [9.17, 15) is 9.18 Å². The summed E-state index contributed by atoms with van der Waals surface area (Å²) in [5, 5.41) is 9.92.